The summed E-state index contributed by atoms with van der Waals surface area (Å²) in [5, 5.41) is 0. The van der Waals surface area contributed by atoms with Gasteiger partial charge in [0.05, 0.1) is 0 Å². The van der Waals surface area contributed by atoms with Crippen LogP contribution < -0.4 is 0 Å². The van der Waals surface area contributed by atoms with Gasteiger partial charge in [-0.15, -0.1) is 0 Å². The van der Waals surface area contributed by atoms with Gasteiger partial charge in [-0.05, 0) is 13.3 Å². The summed E-state index contributed by atoms with van der Waals surface area (Å²) in [6, 6.07) is 0. The van der Waals surface area contributed by atoms with Crippen molar-refractivity contribution in [3.63, 3.8) is 0 Å². The molecule has 0 fully saturated rings. The molecule has 10 heavy (non-hydrogen) atoms. The van der Waals surface area contributed by atoms with E-state index in [-0.39, 0.29) is 7.43 Å². The van der Waals surface area contributed by atoms with Gasteiger partial charge in [-0.2, -0.15) is 0 Å². The van der Waals surface area contributed by atoms with Crippen LogP contribution in [-0.2, 0) is 4.79 Å². The average molecular weight is 140 g/mol. The van der Waals surface area contributed by atoms with Gasteiger partial charge in [-0.1, -0.05) is 26.2 Å². The van der Waals surface area contributed by atoms with E-state index in [1.807, 2.05) is 0 Å². The van der Waals surface area contributed by atoms with Crippen LogP contribution in [0.1, 0.15) is 46.0 Å². The summed E-state index contributed by atoms with van der Waals surface area (Å²) in [5.41, 5.74) is 0. The first kappa shape index (κ1) is 12.4. The van der Waals surface area contributed by atoms with Crippen molar-refractivity contribution in [3.8, 4) is 0 Å². The zero-order valence-corrected chi connectivity index (χ0v) is 6.94. The van der Waals surface area contributed by atoms with Gasteiger partial charge in [0.15, 0.2) is 0 Å². The predicted octanol–water partition coefficient (Wildman–Crippen LogP) is 2.63. The highest BCUT2D eigenvalue weighted by Crippen LogP contribution is 2.01. The Morgan fingerprint density at radius 2 is 1.80 bits per heavy atom. The highest BCUT2D eigenvalue weighted by molar-refractivity contribution is 5.75. The normalized spacial score (nSPS) is 8.60. The number of carbonyl (C=O) groups excluding carboxylic acids is 1. The number of unbranched alkanes of at least 4 members (excludes halogenated alkanes) is 3. The summed E-state index contributed by atoms with van der Waals surface area (Å²) in [6.45, 7) is 3.83. The second kappa shape index (κ2) is 8.67. The molecular weight excluding hydrogens is 124 g/mol. The fourth-order valence-electron chi connectivity index (χ4n) is 0.801. The Kier molecular flexibility index (Phi) is 10.7. The number of hydrogen-bond acceptors (Lipinski definition) is 1. The molecule has 0 aromatic carbocycles. The summed E-state index contributed by atoms with van der Waals surface area (Å²) in [6.07, 6.45) is 5.60. The van der Waals surface area contributed by atoms with Gasteiger partial charge >= 0.3 is 0 Å². The molecule has 0 heterocycles. The maximum absolute atomic E-state index is 10.4. The number of ketones is 1. The fourth-order valence-corrected chi connectivity index (χ4v) is 0.801. The maximum atomic E-state index is 10.4. The molecule has 0 bridgehead atoms. The zero-order chi connectivity index (χ0) is 7.11. The lowest BCUT2D eigenvalue weighted by Crippen LogP contribution is -1.88. The van der Waals surface area contributed by atoms with Crippen LogP contribution in [-0.4, -0.2) is 5.78 Å². The third-order valence-electron chi connectivity index (χ3n) is 1.38. The zero-order valence-electron chi connectivity index (χ0n) is 6.94. The van der Waals surface area contributed by atoms with Gasteiger partial charge in [0.2, 0.25) is 0 Å². The first-order valence-corrected chi connectivity index (χ1v) is 3.76. The topological polar surface area (TPSA) is 17.1 Å². The van der Waals surface area contributed by atoms with E-state index >= 15 is 0 Å². The second-order valence-corrected chi connectivity index (χ2v) is 2.51. The van der Waals surface area contributed by atoms with Crippen LogP contribution in [0.25, 0.3) is 0 Å². The molecule has 0 aromatic heterocycles. The van der Waals surface area contributed by atoms with E-state index < -0.39 is 0 Å². The van der Waals surface area contributed by atoms with Crippen molar-refractivity contribution >= 4 is 5.78 Å². The molecule has 0 unspecified atom stereocenters. The molecule has 4 radical (unpaired) electrons. The van der Waals surface area contributed by atoms with Crippen LogP contribution in [0.3, 0.4) is 0 Å². The Balaban J connectivity index is 0. The Labute approximate surface area is 64.8 Å². The summed E-state index contributed by atoms with van der Waals surface area (Å²) in [4.78, 5) is 10.4. The van der Waals surface area contributed by atoms with Crippen LogP contribution >= 0.6 is 0 Å². The van der Waals surface area contributed by atoms with Crippen molar-refractivity contribution in [2.45, 2.75) is 46.0 Å². The lowest BCUT2D eigenvalue weighted by Gasteiger charge is -1.93. The molecular formula is C9H16O. The second-order valence-electron chi connectivity index (χ2n) is 2.51. The van der Waals surface area contributed by atoms with Crippen LogP contribution in [0, 0.1) is 7.43 Å². The van der Waals surface area contributed by atoms with E-state index in [2.05, 4.69) is 6.92 Å². The molecule has 58 valence electrons. The predicted molar refractivity (Wildman–Crippen MR) is 42.7 cm³/mol. The van der Waals surface area contributed by atoms with Gasteiger partial charge in [-0.3, -0.25) is 0 Å². The smallest absolute Gasteiger partial charge is 0.129 e. The van der Waals surface area contributed by atoms with Gasteiger partial charge in [-0.25, -0.2) is 0 Å². The highest BCUT2D eigenvalue weighted by Gasteiger charge is 1.91. The molecule has 0 rings (SSSR count). The number of rotatable bonds is 5. The molecule has 0 spiro atoms. The summed E-state index contributed by atoms with van der Waals surface area (Å²) < 4.78 is 0. The summed E-state index contributed by atoms with van der Waals surface area (Å²) >= 11 is 0. The van der Waals surface area contributed by atoms with Gasteiger partial charge in [0.25, 0.3) is 0 Å². The van der Waals surface area contributed by atoms with Crippen molar-refractivity contribution in [2.75, 3.05) is 0 Å². The molecule has 0 aliphatic heterocycles. The minimum Gasteiger partial charge on any atom is -0.300 e. The van der Waals surface area contributed by atoms with Crippen molar-refractivity contribution in [1.29, 1.82) is 0 Å². The van der Waals surface area contributed by atoms with Gasteiger partial charge in [0, 0.05) is 13.8 Å². The fraction of sp³-hybridized carbons (Fsp3) is 0.778. The third kappa shape index (κ3) is 10.6. The Bertz CT molecular complexity index is 76.8. The first-order chi connectivity index (χ1) is 4.27. The number of Topliss-reactive ketones (excluding diaryl/α,β-unsaturated/α-hetero) is 1. The Morgan fingerprint density at radius 1 is 1.20 bits per heavy atom. The molecule has 0 N–H and O–H groups in total. The monoisotopic (exact) mass is 140 g/mol. The van der Waals surface area contributed by atoms with E-state index in [1.165, 1.54) is 19.3 Å². The average Bonchev–Trinajstić information content (AvgIpc) is 1.80. The van der Waals surface area contributed by atoms with E-state index in [0.29, 0.717) is 5.78 Å². The van der Waals surface area contributed by atoms with Crippen LogP contribution in [0.5, 0.6) is 0 Å². The van der Waals surface area contributed by atoms with E-state index in [1.54, 1.807) is 6.92 Å². The van der Waals surface area contributed by atoms with Crippen LogP contribution in [0.15, 0.2) is 0 Å². The number of carbonyl (C=O) groups is 1. The SMILES string of the molecule is CCCCCCC(C)=O.[C]. The lowest BCUT2D eigenvalue weighted by molar-refractivity contribution is -0.117. The largest absolute Gasteiger partial charge is 0.300 e. The quantitative estimate of drug-likeness (QED) is 0.536. The molecule has 0 saturated carbocycles. The number of hydrogen-bond donors (Lipinski definition) is 0. The van der Waals surface area contributed by atoms with Crippen LogP contribution in [0.4, 0.5) is 0 Å². The summed E-state index contributed by atoms with van der Waals surface area (Å²) in [7, 11) is 0. The lowest BCUT2D eigenvalue weighted by atomic mass is 10.1. The molecule has 1 nitrogen and oxygen atoms in total. The van der Waals surface area contributed by atoms with Gasteiger partial charge in [0.1, 0.15) is 5.78 Å². The van der Waals surface area contributed by atoms with Crippen LogP contribution in [0.2, 0.25) is 0 Å². The van der Waals surface area contributed by atoms with Crippen molar-refractivity contribution < 1.29 is 4.79 Å². The van der Waals surface area contributed by atoms with Crippen molar-refractivity contribution in [2.24, 2.45) is 0 Å². The summed E-state index contributed by atoms with van der Waals surface area (Å²) in [5.74, 6) is 0.325. The first-order valence-electron chi connectivity index (χ1n) is 3.76. The standard InChI is InChI=1S/C8H16O.C/c1-3-4-5-6-7-8(2)9;/h3-7H2,1-2H3;. The third-order valence-corrected chi connectivity index (χ3v) is 1.38. The molecule has 0 amide bonds. The van der Waals surface area contributed by atoms with Crippen molar-refractivity contribution in [1.82, 2.24) is 0 Å². The minimum absolute atomic E-state index is 0. The minimum atomic E-state index is 0. The molecule has 0 aliphatic rings. The molecule has 0 saturated heterocycles. The molecule has 0 atom stereocenters. The molecule has 0 aromatic rings. The Morgan fingerprint density at radius 3 is 2.20 bits per heavy atom. The highest BCUT2D eigenvalue weighted by atomic mass is 16.1. The van der Waals surface area contributed by atoms with Crippen molar-refractivity contribution in [3.05, 3.63) is 7.43 Å². The van der Waals surface area contributed by atoms with E-state index in [4.69, 9.17) is 0 Å². The van der Waals surface area contributed by atoms with E-state index in [0.717, 1.165) is 12.8 Å². The Hall–Kier alpha value is -0.330. The van der Waals surface area contributed by atoms with E-state index in [9.17, 15) is 4.79 Å². The molecule has 1 heteroatoms. The van der Waals surface area contributed by atoms with Gasteiger partial charge < -0.3 is 4.79 Å². The molecule has 0 aliphatic carbocycles. The maximum Gasteiger partial charge on any atom is 0.129 e.